The minimum absolute atomic E-state index is 0.0579. The number of nitrogens with one attached hydrogen (secondary N) is 2. The maximum atomic E-state index is 12.0. The number of amides is 2. The molecule has 0 heterocycles. The third-order valence-corrected chi connectivity index (χ3v) is 3.54. The van der Waals surface area contributed by atoms with Gasteiger partial charge in [0.2, 0.25) is 5.91 Å². The maximum Gasteiger partial charge on any atom is 0.322 e. The van der Waals surface area contributed by atoms with Crippen molar-refractivity contribution in [3.63, 3.8) is 0 Å². The molecule has 2 rings (SSSR count). The summed E-state index contributed by atoms with van der Waals surface area (Å²) in [6, 6.07) is 13.7. The van der Waals surface area contributed by atoms with Crippen LogP contribution in [0.25, 0.3) is 0 Å². The van der Waals surface area contributed by atoms with Gasteiger partial charge >= 0.3 is 5.97 Å². The number of ether oxygens (including phenoxy) is 2. The van der Waals surface area contributed by atoms with Crippen LogP contribution >= 0.6 is 0 Å². The topological polar surface area (TPSA) is 114 Å². The second-order valence-corrected chi connectivity index (χ2v) is 5.79. The standard InChI is InChI=1S/C20H22N2O6/c1-2-27-16-7-9-17(10-8-16)28-13-19(24)22-15-5-3-14(4-6-15)11-18(23)21-12-20(25)26/h3-10H,2,11-13H2,1H3,(H,21,23)(H,22,24)(H,25,26). The molecule has 0 fully saturated rings. The molecule has 0 saturated carbocycles. The van der Waals surface area contributed by atoms with Crippen molar-refractivity contribution in [1.82, 2.24) is 5.32 Å². The zero-order valence-electron chi connectivity index (χ0n) is 15.4. The van der Waals surface area contributed by atoms with Crippen LogP contribution < -0.4 is 20.1 Å². The van der Waals surface area contributed by atoms with Crippen LogP contribution in [-0.4, -0.2) is 42.6 Å². The summed E-state index contributed by atoms with van der Waals surface area (Å²) in [5.41, 5.74) is 1.27. The molecule has 0 aromatic heterocycles. The van der Waals surface area contributed by atoms with E-state index in [1.807, 2.05) is 6.92 Å². The summed E-state index contributed by atoms with van der Waals surface area (Å²) in [5, 5.41) is 13.5. The Hall–Kier alpha value is -3.55. The van der Waals surface area contributed by atoms with E-state index in [4.69, 9.17) is 14.6 Å². The molecule has 8 heteroatoms. The molecule has 0 aliphatic rings. The van der Waals surface area contributed by atoms with Gasteiger partial charge in [-0.05, 0) is 48.9 Å². The third-order valence-electron chi connectivity index (χ3n) is 3.54. The van der Waals surface area contributed by atoms with E-state index >= 15 is 0 Å². The third kappa shape index (κ3) is 7.36. The molecule has 28 heavy (non-hydrogen) atoms. The maximum absolute atomic E-state index is 12.0. The molecule has 2 aromatic carbocycles. The van der Waals surface area contributed by atoms with Crippen LogP contribution in [0.4, 0.5) is 5.69 Å². The van der Waals surface area contributed by atoms with Gasteiger partial charge in [0.05, 0.1) is 13.0 Å². The van der Waals surface area contributed by atoms with Gasteiger partial charge in [-0.2, -0.15) is 0 Å². The van der Waals surface area contributed by atoms with Crippen LogP contribution in [0.3, 0.4) is 0 Å². The molecule has 2 amide bonds. The fraction of sp³-hybridized carbons (Fsp3) is 0.250. The van der Waals surface area contributed by atoms with E-state index in [9.17, 15) is 14.4 Å². The lowest BCUT2D eigenvalue weighted by atomic mass is 10.1. The van der Waals surface area contributed by atoms with Crippen molar-refractivity contribution in [1.29, 1.82) is 0 Å². The van der Waals surface area contributed by atoms with E-state index in [1.165, 1.54) is 0 Å². The van der Waals surface area contributed by atoms with Gasteiger partial charge in [-0.15, -0.1) is 0 Å². The van der Waals surface area contributed by atoms with Gasteiger partial charge in [-0.1, -0.05) is 12.1 Å². The molecule has 0 unspecified atom stereocenters. The summed E-state index contributed by atoms with van der Waals surface area (Å²) in [5.74, 6) is -0.514. The van der Waals surface area contributed by atoms with Crippen molar-refractivity contribution in [2.24, 2.45) is 0 Å². The largest absolute Gasteiger partial charge is 0.494 e. The second kappa shape index (κ2) is 10.6. The number of hydrogen-bond acceptors (Lipinski definition) is 5. The Morgan fingerprint density at radius 1 is 0.893 bits per heavy atom. The number of carboxylic acid groups (broad SMARTS) is 1. The molecule has 2 aromatic rings. The molecule has 0 atom stereocenters. The lowest BCUT2D eigenvalue weighted by Gasteiger charge is -2.09. The molecule has 0 spiro atoms. The first-order valence-corrected chi connectivity index (χ1v) is 8.69. The lowest BCUT2D eigenvalue weighted by molar-refractivity contribution is -0.137. The quantitative estimate of drug-likeness (QED) is 0.574. The van der Waals surface area contributed by atoms with Crippen LogP contribution in [0.15, 0.2) is 48.5 Å². The number of carbonyl (C=O) groups excluding carboxylic acids is 2. The van der Waals surface area contributed by atoms with Gasteiger partial charge in [0.1, 0.15) is 18.0 Å². The Morgan fingerprint density at radius 2 is 1.50 bits per heavy atom. The summed E-state index contributed by atoms with van der Waals surface area (Å²) >= 11 is 0. The molecule has 3 N–H and O–H groups in total. The molecule has 0 saturated heterocycles. The highest BCUT2D eigenvalue weighted by Gasteiger charge is 2.07. The first-order chi connectivity index (χ1) is 13.5. The Labute approximate surface area is 162 Å². The van der Waals surface area contributed by atoms with Gasteiger partial charge < -0.3 is 25.2 Å². The average molecular weight is 386 g/mol. The lowest BCUT2D eigenvalue weighted by Crippen LogP contribution is -2.30. The van der Waals surface area contributed by atoms with E-state index < -0.39 is 12.5 Å². The van der Waals surface area contributed by atoms with E-state index in [0.29, 0.717) is 23.6 Å². The van der Waals surface area contributed by atoms with Gasteiger partial charge in [0, 0.05) is 5.69 Å². The van der Waals surface area contributed by atoms with E-state index in [0.717, 1.165) is 5.75 Å². The first-order valence-electron chi connectivity index (χ1n) is 8.69. The van der Waals surface area contributed by atoms with Gasteiger partial charge in [-0.3, -0.25) is 14.4 Å². The number of rotatable bonds is 10. The number of carbonyl (C=O) groups is 3. The van der Waals surface area contributed by atoms with E-state index in [2.05, 4.69) is 10.6 Å². The summed E-state index contributed by atoms with van der Waals surface area (Å²) in [6.07, 6.45) is 0.0579. The van der Waals surface area contributed by atoms with Gasteiger partial charge in [0.25, 0.3) is 5.91 Å². The van der Waals surface area contributed by atoms with Crippen LogP contribution in [0.1, 0.15) is 12.5 Å². The SMILES string of the molecule is CCOc1ccc(OCC(=O)Nc2ccc(CC(=O)NCC(=O)O)cc2)cc1. The molecule has 0 bridgehead atoms. The zero-order valence-corrected chi connectivity index (χ0v) is 15.4. The van der Waals surface area contributed by atoms with Crippen LogP contribution in [-0.2, 0) is 20.8 Å². The Morgan fingerprint density at radius 3 is 2.07 bits per heavy atom. The predicted molar refractivity (Wildman–Crippen MR) is 103 cm³/mol. The highest BCUT2D eigenvalue weighted by Crippen LogP contribution is 2.17. The van der Waals surface area contributed by atoms with Crippen molar-refractivity contribution < 1.29 is 29.0 Å². The minimum Gasteiger partial charge on any atom is -0.494 e. The number of benzene rings is 2. The van der Waals surface area contributed by atoms with Gasteiger partial charge in [0.15, 0.2) is 6.61 Å². The van der Waals surface area contributed by atoms with E-state index in [1.54, 1.807) is 48.5 Å². The smallest absolute Gasteiger partial charge is 0.322 e. The summed E-state index contributed by atoms with van der Waals surface area (Å²) in [6.45, 7) is 1.92. The van der Waals surface area contributed by atoms with Crippen molar-refractivity contribution >= 4 is 23.5 Å². The molecular formula is C20H22N2O6. The fourth-order valence-electron chi connectivity index (χ4n) is 2.27. The fourth-order valence-corrected chi connectivity index (χ4v) is 2.27. The van der Waals surface area contributed by atoms with Crippen molar-refractivity contribution in [2.45, 2.75) is 13.3 Å². The number of hydrogen-bond donors (Lipinski definition) is 3. The molecule has 0 radical (unpaired) electrons. The first kappa shape index (κ1) is 20.8. The second-order valence-electron chi connectivity index (χ2n) is 5.79. The minimum atomic E-state index is -1.10. The monoisotopic (exact) mass is 386 g/mol. The average Bonchev–Trinajstić information content (AvgIpc) is 2.68. The number of aliphatic carboxylic acids is 1. The normalized spacial score (nSPS) is 10.0. The number of carboxylic acids is 1. The Bertz CT molecular complexity index is 802. The molecule has 8 nitrogen and oxygen atoms in total. The highest BCUT2D eigenvalue weighted by atomic mass is 16.5. The summed E-state index contributed by atoms with van der Waals surface area (Å²) in [7, 11) is 0. The van der Waals surface area contributed by atoms with E-state index in [-0.39, 0.29) is 24.8 Å². The zero-order chi connectivity index (χ0) is 20.4. The number of anilines is 1. The molecular weight excluding hydrogens is 364 g/mol. The highest BCUT2D eigenvalue weighted by molar-refractivity contribution is 5.92. The molecule has 0 aliphatic heterocycles. The summed E-state index contributed by atoms with van der Waals surface area (Å²) < 4.78 is 10.8. The van der Waals surface area contributed by atoms with Gasteiger partial charge in [-0.25, -0.2) is 0 Å². The van der Waals surface area contributed by atoms with Crippen molar-refractivity contribution in [3.05, 3.63) is 54.1 Å². The molecule has 148 valence electrons. The van der Waals surface area contributed by atoms with Crippen LogP contribution in [0.5, 0.6) is 11.5 Å². The van der Waals surface area contributed by atoms with Crippen molar-refractivity contribution in [2.75, 3.05) is 25.1 Å². The summed E-state index contributed by atoms with van der Waals surface area (Å²) in [4.78, 5) is 34.0. The van der Waals surface area contributed by atoms with Crippen LogP contribution in [0, 0.1) is 0 Å². The van der Waals surface area contributed by atoms with Crippen molar-refractivity contribution in [3.8, 4) is 11.5 Å². The predicted octanol–water partition coefficient (Wildman–Crippen LogP) is 1.85. The van der Waals surface area contributed by atoms with Crippen LogP contribution in [0.2, 0.25) is 0 Å². The Kier molecular flexibility index (Phi) is 7.83. The molecule has 0 aliphatic carbocycles. The Balaban J connectivity index is 1.77.